The van der Waals surface area contributed by atoms with Crippen molar-refractivity contribution in [2.24, 2.45) is 0 Å². The number of aromatic nitrogens is 2. The molecule has 0 saturated carbocycles. The van der Waals surface area contributed by atoms with Gasteiger partial charge in [0.15, 0.2) is 5.69 Å². The molecule has 19 heavy (non-hydrogen) atoms. The molecule has 0 spiro atoms. The van der Waals surface area contributed by atoms with E-state index in [4.69, 9.17) is 5.26 Å². The van der Waals surface area contributed by atoms with Crippen molar-refractivity contribution in [2.75, 3.05) is 31.6 Å². The summed E-state index contributed by atoms with van der Waals surface area (Å²) in [6, 6.07) is 5.17. The van der Waals surface area contributed by atoms with Crippen molar-refractivity contribution >= 4 is 5.82 Å². The lowest BCUT2D eigenvalue weighted by atomic mass is 10.2. The van der Waals surface area contributed by atoms with Gasteiger partial charge in [0.1, 0.15) is 11.9 Å². The fourth-order valence-electron chi connectivity index (χ4n) is 1.77. The molecule has 0 aliphatic heterocycles. The topological polar surface area (TPSA) is 85.1 Å². The quantitative estimate of drug-likeness (QED) is 0.723. The summed E-state index contributed by atoms with van der Waals surface area (Å²) in [6.07, 6.45) is 0.833. The number of nitriles is 1. The van der Waals surface area contributed by atoms with Crippen LogP contribution in [0.25, 0.3) is 0 Å². The summed E-state index contributed by atoms with van der Waals surface area (Å²) in [5, 5.41) is 28.8. The number of aliphatic hydroxyl groups excluding tert-OH is 1. The smallest absolute Gasteiger partial charge is 0.163 e. The van der Waals surface area contributed by atoms with Gasteiger partial charge in [0.2, 0.25) is 0 Å². The summed E-state index contributed by atoms with van der Waals surface area (Å²) in [6.45, 7) is 7.22. The largest absolute Gasteiger partial charge is 0.394 e. The van der Waals surface area contributed by atoms with Crippen molar-refractivity contribution in [3.8, 4) is 6.07 Å². The van der Waals surface area contributed by atoms with Gasteiger partial charge in [-0.1, -0.05) is 13.8 Å². The molecule has 2 N–H and O–H groups in total. The predicted molar refractivity (Wildman–Crippen MR) is 73.6 cm³/mol. The second kappa shape index (κ2) is 8.40. The first-order valence-corrected chi connectivity index (χ1v) is 6.57. The normalized spacial score (nSPS) is 12.2. The van der Waals surface area contributed by atoms with Gasteiger partial charge in [-0.25, -0.2) is 0 Å². The Morgan fingerprint density at radius 2 is 2.11 bits per heavy atom. The molecular formula is C13H21N5O. The van der Waals surface area contributed by atoms with E-state index in [0.29, 0.717) is 5.82 Å². The molecule has 6 nitrogen and oxygen atoms in total. The summed E-state index contributed by atoms with van der Waals surface area (Å²) >= 11 is 0. The molecule has 0 aliphatic carbocycles. The molecule has 0 amide bonds. The monoisotopic (exact) mass is 263 g/mol. The molecule has 0 fully saturated rings. The first kappa shape index (κ1) is 15.3. The third-order valence-corrected chi connectivity index (χ3v) is 3.04. The van der Waals surface area contributed by atoms with Gasteiger partial charge in [0.05, 0.1) is 12.6 Å². The molecule has 1 aromatic heterocycles. The zero-order valence-corrected chi connectivity index (χ0v) is 11.5. The first-order valence-electron chi connectivity index (χ1n) is 6.57. The molecule has 0 bridgehead atoms. The SMILES string of the molecule is CCN(CC)CCC(CO)Nc1ccc(C#N)nn1. The van der Waals surface area contributed by atoms with E-state index in [1.54, 1.807) is 12.1 Å². The minimum Gasteiger partial charge on any atom is -0.394 e. The number of anilines is 1. The van der Waals surface area contributed by atoms with Gasteiger partial charge < -0.3 is 15.3 Å². The van der Waals surface area contributed by atoms with Gasteiger partial charge in [0.25, 0.3) is 0 Å². The Balaban J connectivity index is 2.49. The predicted octanol–water partition coefficient (Wildman–Crippen LogP) is 0.853. The standard InChI is InChI=1S/C13H21N5O/c1-3-18(4-2)8-7-12(10-19)15-13-6-5-11(9-14)16-17-13/h5-6,12,19H,3-4,7-8,10H2,1-2H3,(H,15,17). The maximum atomic E-state index is 9.36. The molecule has 1 heterocycles. The maximum absolute atomic E-state index is 9.36. The van der Waals surface area contributed by atoms with E-state index in [1.165, 1.54) is 0 Å². The zero-order valence-electron chi connectivity index (χ0n) is 11.5. The highest BCUT2D eigenvalue weighted by Crippen LogP contribution is 2.06. The summed E-state index contributed by atoms with van der Waals surface area (Å²) in [5.74, 6) is 0.581. The molecule has 1 rings (SSSR count). The van der Waals surface area contributed by atoms with Crippen LogP contribution in [-0.2, 0) is 0 Å². The Morgan fingerprint density at radius 1 is 1.37 bits per heavy atom. The number of rotatable bonds is 8. The molecule has 104 valence electrons. The summed E-state index contributed by atoms with van der Waals surface area (Å²) in [7, 11) is 0. The van der Waals surface area contributed by atoms with Crippen LogP contribution in [0.15, 0.2) is 12.1 Å². The van der Waals surface area contributed by atoms with Crippen LogP contribution in [0.2, 0.25) is 0 Å². The minimum absolute atomic E-state index is 0.0446. The Kier molecular flexibility index (Phi) is 6.79. The van der Waals surface area contributed by atoms with E-state index in [2.05, 4.69) is 34.3 Å². The Morgan fingerprint density at radius 3 is 2.58 bits per heavy atom. The van der Waals surface area contributed by atoms with Crippen LogP contribution in [0.3, 0.4) is 0 Å². The highest BCUT2D eigenvalue weighted by atomic mass is 16.3. The Hall–Kier alpha value is -1.71. The van der Waals surface area contributed by atoms with Crippen molar-refractivity contribution in [1.29, 1.82) is 5.26 Å². The van der Waals surface area contributed by atoms with E-state index >= 15 is 0 Å². The molecule has 0 saturated heterocycles. The van der Waals surface area contributed by atoms with Crippen molar-refractivity contribution in [1.82, 2.24) is 15.1 Å². The van der Waals surface area contributed by atoms with Crippen LogP contribution in [-0.4, -0.2) is 52.5 Å². The molecule has 6 heteroatoms. The highest BCUT2D eigenvalue weighted by molar-refractivity contribution is 5.36. The van der Waals surface area contributed by atoms with E-state index in [-0.39, 0.29) is 18.3 Å². The molecule has 0 aliphatic rings. The van der Waals surface area contributed by atoms with E-state index in [1.807, 2.05) is 6.07 Å². The average Bonchev–Trinajstić information content (AvgIpc) is 2.47. The molecule has 0 radical (unpaired) electrons. The van der Waals surface area contributed by atoms with Crippen molar-refractivity contribution in [3.63, 3.8) is 0 Å². The minimum atomic E-state index is -0.0529. The fourth-order valence-corrected chi connectivity index (χ4v) is 1.77. The zero-order chi connectivity index (χ0) is 14.1. The van der Waals surface area contributed by atoms with E-state index < -0.39 is 0 Å². The van der Waals surface area contributed by atoms with E-state index in [9.17, 15) is 5.11 Å². The van der Waals surface area contributed by atoms with Gasteiger partial charge in [0, 0.05) is 6.54 Å². The number of nitrogens with one attached hydrogen (secondary N) is 1. The van der Waals surface area contributed by atoms with Crippen molar-refractivity contribution in [3.05, 3.63) is 17.8 Å². The third-order valence-electron chi connectivity index (χ3n) is 3.04. The Labute approximate surface area is 114 Å². The van der Waals surface area contributed by atoms with Gasteiger partial charge >= 0.3 is 0 Å². The lowest BCUT2D eigenvalue weighted by molar-refractivity contribution is 0.240. The summed E-state index contributed by atoms with van der Waals surface area (Å²) in [4.78, 5) is 2.30. The number of nitrogens with zero attached hydrogens (tertiary/aromatic N) is 4. The second-order valence-corrected chi connectivity index (χ2v) is 4.26. The molecule has 1 aromatic rings. The van der Waals surface area contributed by atoms with E-state index in [0.717, 1.165) is 26.1 Å². The van der Waals surface area contributed by atoms with Crippen LogP contribution in [0.1, 0.15) is 26.0 Å². The number of hydrogen-bond donors (Lipinski definition) is 2. The Bertz CT molecular complexity index is 396. The molecule has 1 atom stereocenters. The molecule has 0 aromatic carbocycles. The van der Waals surface area contributed by atoms with Gasteiger partial charge in [-0.3, -0.25) is 0 Å². The van der Waals surface area contributed by atoms with Gasteiger partial charge in [-0.05, 0) is 31.6 Å². The highest BCUT2D eigenvalue weighted by Gasteiger charge is 2.10. The van der Waals surface area contributed by atoms with Crippen LogP contribution < -0.4 is 5.32 Å². The lowest BCUT2D eigenvalue weighted by Gasteiger charge is -2.22. The maximum Gasteiger partial charge on any atom is 0.163 e. The fraction of sp³-hybridized carbons (Fsp3) is 0.615. The number of aliphatic hydroxyl groups is 1. The number of hydrogen-bond acceptors (Lipinski definition) is 6. The van der Waals surface area contributed by atoms with Crippen LogP contribution in [0, 0.1) is 11.3 Å². The summed E-state index contributed by atoms with van der Waals surface area (Å²) < 4.78 is 0. The van der Waals surface area contributed by atoms with Crippen LogP contribution >= 0.6 is 0 Å². The van der Waals surface area contributed by atoms with Crippen LogP contribution in [0.4, 0.5) is 5.82 Å². The van der Waals surface area contributed by atoms with Gasteiger partial charge in [-0.2, -0.15) is 5.26 Å². The average molecular weight is 263 g/mol. The second-order valence-electron chi connectivity index (χ2n) is 4.26. The third kappa shape index (κ3) is 5.20. The first-order chi connectivity index (χ1) is 9.23. The molecule has 1 unspecified atom stereocenters. The van der Waals surface area contributed by atoms with Gasteiger partial charge in [-0.15, -0.1) is 10.2 Å². The van der Waals surface area contributed by atoms with Crippen molar-refractivity contribution < 1.29 is 5.11 Å². The van der Waals surface area contributed by atoms with Crippen LogP contribution in [0.5, 0.6) is 0 Å². The summed E-state index contributed by atoms with van der Waals surface area (Å²) in [5.41, 5.74) is 0.286. The van der Waals surface area contributed by atoms with Crippen molar-refractivity contribution in [2.45, 2.75) is 26.3 Å². The molecular weight excluding hydrogens is 242 g/mol. The lowest BCUT2D eigenvalue weighted by Crippen LogP contribution is -2.32.